The third-order valence-electron chi connectivity index (χ3n) is 4.96. The molecule has 1 amide bonds. The molecule has 32 heavy (non-hydrogen) atoms. The van der Waals surface area contributed by atoms with Crippen LogP contribution in [0, 0.1) is 6.92 Å². The Balaban J connectivity index is 1.70. The Hall–Kier alpha value is -3.39. The summed E-state index contributed by atoms with van der Waals surface area (Å²) < 4.78 is 7.39. The molecule has 4 aromatic rings. The van der Waals surface area contributed by atoms with Crippen molar-refractivity contribution in [2.24, 2.45) is 0 Å². The largest absolute Gasteiger partial charge is 0.493 e. The third kappa shape index (κ3) is 4.45. The van der Waals surface area contributed by atoms with Crippen molar-refractivity contribution in [2.75, 3.05) is 11.9 Å². The number of nitrogens with zero attached hydrogens (tertiary/aromatic N) is 4. The number of carbonyl (C=O) groups excluding carboxylic acids is 1. The summed E-state index contributed by atoms with van der Waals surface area (Å²) in [7, 11) is 0. The van der Waals surface area contributed by atoms with Crippen LogP contribution in [0.3, 0.4) is 0 Å². The van der Waals surface area contributed by atoms with Gasteiger partial charge in [0.05, 0.1) is 17.9 Å². The van der Waals surface area contributed by atoms with Gasteiger partial charge in [-0.15, -0.1) is 0 Å². The lowest BCUT2D eigenvalue weighted by atomic mass is 10.1. The molecular weight excluding hydrogens is 422 g/mol. The maximum atomic E-state index is 13.1. The van der Waals surface area contributed by atoms with Crippen LogP contribution < -0.4 is 10.1 Å². The molecule has 0 aliphatic heterocycles. The average molecular weight is 448 g/mol. The van der Waals surface area contributed by atoms with Gasteiger partial charge in [0.2, 0.25) is 0 Å². The molecule has 0 unspecified atom stereocenters. The van der Waals surface area contributed by atoms with Gasteiger partial charge in [-0.3, -0.25) is 4.79 Å². The standard InChI is InChI=1S/C24H25N5O2S/c1-4-10-17-16(3)27-24-25-15-26-29(24)23(17)32-21-14-9-7-12-19(21)28-22(30)18-11-6-8-13-20(18)31-5-2/h6-9,11-15H,4-5,10H2,1-3H3,(H,28,30). The number of fused-ring (bicyclic) bond motifs is 1. The van der Waals surface area contributed by atoms with Gasteiger partial charge in [-0.2, -0.15) is 14.6 Å². The number of para-hydroxylation sites is 2. The first-order chi connectivity index (χ1) is 15.6. The quantitative estimate of drug-likeness (QED) is 0.375. The Morgan fingerprint density at radius 3 is 2.72 bits per heavy atom. The van der Waals surface area contributed by atoms with Gasteiger partial charge in [0, 0.05) is 16.2 Å². The number of carbonyl (C=O) groups is 1. The lowest BCUT2D eigenvalue weighted by Crippen LogP contribution is -2.14. The highest BCUT2D eigenvalue weighted by molar-refractivity contribution is 7.99. The number of aromatic nitrogens is 4. The van der Waals surface area contributed by atoms with Gasteiger partial charge in [0.1, 0.15) is 17.1 Å². The van der Waals surface area contributed by atoms with Crippen LogP contribution in [-0.4, -0.2) is 32.1 Å². The minimum atomic E-state index is -0.215. The molecular formula is C24H25N5O2S. The zero-order chi connectivity index (χ0) is 22.5. The Bertz CT molecular complexity index is 1250. The lowest BCUT2D eigenvalue weighted by molar-refractivity contribution is 0.102. The van der Waals surface area contributed by atoms with Crippen molar-refractivity contribution in [1.82, 2.24) is 19.6 Å². The maximum absolute atomic E-state index is 13.1. The molecule has 8 heteroatoms. The van der Waals surface area contributed by atoms with Crippen molar-refractivity contribution >= 4 is 29.1 Å². The van der Waals surface area contributed by atoms with Crippen LogP contribution in [-0.2, 0) is 6.42 Å². The number of benzene rings is 2. The van der Waals surface area contributed by atoms with Gasteiger partial charge in [-0.1, -0.05) is 49.4 Å². The number of amides is 1. The molecule has 0 aliphatic rings. The smallest absolute Gasteiger partial charge is 0.259 e. The monoisotopic (exact) mass is 447 g/mol. The molecule has 2 aromatic carbocycles. The summed E-state index contributed by atoms with van der Waals surface area (Å²) >= 11 is 1.56. The van der Waals surface area contributed by atoms with E-state index in [-0.39, 0.29) is 5.91 Å². The van der Waals surface area contributed by atoms with Crippen LogP contribution in [0.2, 0.25) is 0 Å². The minimum Gasteiger partial charge on any atom is -0.493 e. The van der Waals surface area contributed by atoms with E-state index in [2.05, 4.69) is 27.3 Å². The molecule has 0 bridgehead atoms. The molecule has 7 nitrogen and oxygen atoms in total. The second kappa shape index (κ2) is 9.82. The second-order valence-corrected chi connectivity index (χ2v) is 8.21. The summed E-state index contributed by atoms with van der Waals surface area (Å²) in [5.41, 5.74) is 3.30. The summed E-state index contributed by atoms with van der Waals surface area (Å²) in [5.74, 6) is 0.918. The summed E-state index contributed by atoms with van der Waals surface area (Å²) in [6.07, 6.45) is 3.38. The van der Waals surface area contributed by atoms with Crippen LogP contribution in [0.4, 0.5) is 5.69 Å². The van der Waals surface area contributed by atoms with Crippen molar-refractivity contribution in [3.8, 4) is 5.75 Å². The first-order valence-corrected chi connectivity index (χ1v) is 11.4. The topological polar surface area (TPSA) is 81.4 Å². The Kier molecular flexibility index (Phi) is 6.70. The van der Waals surface area contributed by atoms with Gasteiger partial charge >= 0.3 is 0 Å². The average Bonchev–Trinajstić information content (AvgIpc) is 3.26. The predicted molar refractivity (Wildman–Crippen MR) is 126 cm³/mol. The number of aryl methyl sites for hydroxylation is 1. The van der Waals surface area contributed by atoms with Gasteiger partial charge in [0.15, 0.2) is 0 Å². The van der Waals surface area contributed by atoms with E-state index >= 15 is 0 Å². The van der Waals surface area contributed by atoms with E-state index in [0.29, 0.717) is 23.7 Å². The molecule has 0 fully saturated rings. The third-order valence-corrected chi connectivity index (χ3v) is 6.15. The van der Waals surface area contributed by atoms with Crippen LogP contribution in [0.5, 0.6) is 5.75 Å². The molecule has 0 radical (unpaired) electrons. The Labute approximate surface area is 191 Å². The molecule has 0 saturated carbocycles. The van der Waals surface area contributed by atoms with Crippen LogP contribution in [0.1, 0.15) is 41.9 Å². The fourth-order valence-electron chi connectivity index (χ4n) is 3.49. The van der Waals surface area contributed by atoms with E-state index in [1.165, 1.54) is 6.33 Å². The SMILES string of the molecule is CCCc1c(C)nc2ncnn2c1Sc1ccccc1NC(=O)c1ccccc1OCC. The molecule has 164 valence electrons. The van der Waals surface area contributed by atoms with E-state index in [1.54, 1.807) is 28.4 Å². The number of ether oxygens (including phenoxy) is 1. The normalized spacial score (nSPS) is 11.0. The summed E-state index contributed by atoms with van der Waals surface area (Å²) in [6, 6.07) is 15.0. The number of anilines is 1. The Morgan fingerprint density at radius 2 is 1.91 bits per heavy atom. The van der Waals surface area contributed by atoms with Crippen molar-refractivity contribution in [2.45, 2.75) is 43.5 Å². The number of hydrogen-bond donors (Lipinski definition) is 1. The molecule has 0 saturated heterocycles. The van der Waals surface area contributed by atoms with Gasteiger partial charge in [-0.25, -0.2) is 4.98 Å². The van der Waals surface area contributed by atoms with Gasteiger partial charge < -0.3 is 10.1 Å². The minimum absolute atomic E-state index is 0.215. The summed E-state index contributed by atoms with van der Waals surface area (Å²) in [4.78, 5) is 22.8. The molecule has 2 aromatic heterocycles. The van der Waals surface area contributed by atoms with E-state index < -0.39 is 0 Å². The number of nitrogens with one attached hydrogen (secondary N) is 1. The fourth-order valence-corrected chi connectivity index (χ4v) is 4.66. The first kappa shape index (κ1) is 21.8. The van der Waals surface area contributed by atoms with Crippen LogP contribution in [0.25, 0.3) is 5.78 Å². The van der Waals surface area contributed by atoms with E-state index in [9.17, 15) is 4.79 Å². The fraction of sp³-hybridized carbons (Fsp3) is 0.250. The molecule has 2 heterocycles. The van der Waals surface area contributed by atoms with E-state index in [4.69, 9.17) is 4.74 Å². The maximum Gasteiger partial charge on any atom is 0.259 e. The predicted octanol–water partition coefficient (Wildman–Crippen LogP) is 5.19. The van der Waals surface area contributed by atoms with Crippen molar-refractivity contribution in [1.29, 1.82) is 0 Å². The molecule has 1 N–H and O–H groups in total. The zero-order valence-corrected chi connectivity index (χ0v) is 19.1. The number of rotatable bonds is 8. The van der Waals surface area contributed by atoms with Crippen LogP contribution >= 0.6 is 11.8 Å². The van der Waals surface area contributed by atoms with Gasteiger partial charge in [-0.05, 0) is 44.5 Å². The van der Waals surface area contributed by atoms with Crippen LogP contribution in [0.15, 0.2) is 64.8 Å². The van der Waals surface area contributed by atoms with Crippen molar-refractivity contribution in [3.05, 3.63) is 71.7 Å². The van der Waals surface area contributed by atoms with E-state index in [1.807, 2.05) is 50.2 Å². The first-order valence-electron chi connectivity index (χ1n) is 10.6. The molecule has 0 atom stereocenters. The highest BCUT2D eigenvalue weighted by Gasteiger charge is 2.18. The highest BCUT2D eigenvalue weighted by atomic mass is 32.2. The van der Waals surface area contributed by atoms with Crippen molar-refractivity contribution in [3.63, 3.8) is 0 Å². The Morgan fingerprint density at radius 1 is 1.12 bits per heavy atom. The van der Waals surface area contributed by atoms with Gasteiger partial charge in [0.25, 0.3) is 11.7 Å². The number of hydrogen-bond acceptors (Lipinski definition) is 6. The summed E-state index contributed by atoms with van der Waals surface area (Å²) in [5, 5.41) is 8.40. The molecule has 0 spiro atoms. The molecule has 4 rings (SSSR count). The zero-order valence-electron chi connectivity index (χ0n) is 18.3. The second-order valence-electron chi connectivity index (χ2n) is 7.18. The van der Waals surface area contributed by atoms with E-state index in [0.717, 1.165) is 39.7 Å². The van der Waals surface area contributed by atoms with Crippen molar-refractivity contribution < 1.29 is 9.53 Å². The highest BCUT2D eigenvalue weighted by Crippen LogP contribution is 2.37. The lowest BCUT2D eigenvalue weighted by Gasteiger charge is -2.16. The summed E-state index contributed by atoms with van der Waals surface area (Å²) in [6.45, 7) is 6.54. The molecule has 0 aliphatic carbocycles.